The molecule has 0 aliphatic rings. The van der Waals surface area contributed by atoms with Crippen molar-refractivity contribution in [1.82, 2.24) is 5.32 Å². The van der Waals surface area contributed by atoms with Gasteiger partial charge in [-0.15, -0.1) is 0 Å². The van der Waals surface area contributed by atoms with Crippen molar-refractivity contribution in [3.05, 3.63) is 0 Å². The van der Waals surface area contributed by atoms with Gasteiger partial charge in [-0.05, 0) is 19.4 Å². The first-order valence-corrected chi connectivity index (χ1v) is 4.08. The van der Waals surface area contributed by atoms with Crippen LogP contribution in [0.2, 0.25) is 0 Å². The van der Waals surface area contributed by atoms with Crippen molar-refractivity contribution >= 4 is 12.8 Å². The molecule has 1 unspecified atom stereocenters. The average molecular weight is 191 g/mol. The summed E-state index contributed by atoms with van der Waals surface area (Å²) in [5.74, 6) is -0.896. The highest BCUT2D eigenvalue weighted by Crippen LogP contribution is 1.90. The number of nitrogens with one attached hydrogen (secondary N) is 1. The lowest BCUT2D eigenvalue weighted by Crippen LogP contribution is -2.37. The minimum atomic E-state index is -0.896. The molecular formula is C8H17NO4. The number of carbonyl (C=O) groups is 2. The number of hydrogen-bond acceptors (Lipinski definition) is 4. The summed E-state index contributed by atoms with van der Waals surface area (Å²) in [5, 5.41) is 19.8. The Morgan fingerprint density at radius 1 is 1.54 bits per heavy atom. The molecule has 5 nitrogen and oxygen atoms in total. The van der Waals surface area contributed by atoms with Gasteiger partial charge in [0.05, 0.1) is 0 Å². The molecule has 0 aromatic rings. The van der Waals surface area contributed by atoms with E-state index >= 15 is 0 Å². The van der Waals surface area contributed by atoms with Crippen molar-refractivity contribution in [3.63, 3.8) is 0 Å². The van der Waals surface area contributed by atoms with Crippen LogP contribution in [0.25, 0.3) is 0 Å². The molecule has 5 heteroatoms. The monoisotopic (exact) mass is 191 g/mol. The molecule has 0 aliphatic heterocycles. The van der Waals surface area contributed by atoms with Gasteiger partial charge >= 0.3 is 5.97 Å². The minimum absolute atomic E-state index is 0.0896. The third-order valence-electron chi connectivity index (χ3n) is 1.36. The molecule has 0 aromatic heterocycles. The highest BCUT2D eigenvalue weighted by atomic mass is 16.4. The first kappa shape index (κ1) is 14.6. The lowest BCUT2D eigenvalue weighted by molar-refractivity contribution is -0.139. The highest BCUT2D eigenvalue weighted by molar-refractivity contribution is 5.73. The molecule has 13 heavy (non-hydrogen) atoms. The smallest absolute Gasteiger partial charge is 0.320 e. The molecule has 0 rings (SSSR count). The van der Waals surface area contributed by atoms with Crippen molar-refractivity contribution in [2.75, 3.05) is 13.2 Å². The van der Waals surface area contributed by atoms with Gasteiger partial charge in [-0.2, -0.15) is 0 Å². The van der Waals surface area contributed by atoms with E-state index in [9.17, 15) is 4.79 Å². The van der Waals surface area contributed by atoms with E-state index in [0.29, 0.717) is 6.54 Å². The standard InChI is InChI=1S/C7H15NO3.CH2O/c1-2-4-8-6(3-5-9)7(10)11;1-2/h6,8-9H,2-5H2,1H3,(H,10,11);1H2. The van der Waals surface area contributed by atoms with Gasteiger partial charge in [0.1, 0.15) is 12.8 Å². The summed E-state index contributed by atoms with van der Waals surface area (Å²) >= 11 is 0. The van der Waals surface area contributed by atoms with E-state index in [0.717, 1.165) is 6.42 Å². The first-order chi connectivity index (χ1) is 6.22. The third-order valence-corrected chi connectivity index (χ3v) is 1.36. The van der Waals surface area contributed by atoms with Crippen molar-refractivity contribution < 1.29 is 19.8 Å². The molecule has 0 fully saturated rings. The fraction of sp³-hybridized carbons (Fsp3) is 0.750. The zero-order valence-corrected chi connectivity index (χ0v) is 7.82. The van der Waals surface area contributed by atoms with Crippen LogP contribution < -0.4 is 5.32 Å². The number of hydrogen-bond donors (Lipinski definition) is 3. The zero-order valence-electron chi connectivity index (χ0n) is 7.82. The molecule has 1 atom stereocenters. The summed E-state index contributed by atoms with van der Waals surface area (Å²) in [5.41, 5.74) is 0. The van der Waals surface area contributed by atoms with E-state index in [2.05, 4.69) is 5.32 Å². The Hall–Kier alpha value is -0.940. The number of aliphatic carboxylic acids is 1. The number of carboxylic acid groups (broad SMARTS) is 1. The number of carbonyl (C=O) groups excluding carboxylic acids is 1. The fourth-order valence-corrected chi connectivity index (χ4v) is 0.761. The Labute approximate surface area is 77.8 Å². The molecule has 0 saturated heterocycles. The number of carboxylic acids is 1. The molecule has 0 amide bonds. The Morgan fingerprint density at radius 2 is 2.08 bits per heavy atom. The summed E-state index contributed by atoms with van der Waals surface area (Å²) in [7, 11) is 0. The predicted octanol–water partition coefficient (Wildman–Crippen LogP) is -0.363. The summed E-state index contributed by atoms with van der Waals surface area (Å²) < 4.78 is 0. The van der Waals surface area contributed by atoms with Gasteiger partial charge in [-0.25, -0.2) is 0 Å². The van der Waals surface area contributed by atoms with Crippen LogP contribution in [-0.4, -0.2) is 42.2 Å². The topological polar surface area (TPSA) is 86.6 Å². The number of aliphatic hydroxyl groups is 1. The molecule has 78 valence electrons. The maximum absolute atomic E-state index is 10.4. The Bertz CT molecular complexity index is 129. The summed E-state index contributed by atoms with van der Waals surface area (Å²) in [4.78, 5) is 18.4. The second kappa shape index (κ2) is 11.1. The molecule has 0 aromatic carbocycles. The van der Waals surface area contributed by atoms with Crippen LogP contribution in [0.4, 0.5) is 0 Å². The maximum Gasteiger partial charge on any atom is 0.320 e. The SMILES string of the molecule is C=O.CCCNC(CCO)C(=O)O. The molecule has 0 heterocycles. The quantitative estimate of drug-likeness (QED) is 0.533. The second-order valence-electron chi connectivity index (χ2n) is 2.36. The van der Waals surface area contributed by atoms with Crippen LogP contribution in [-0.2, 0) is 9.59 Å². The maximum atomic E-state index is 10.4. The minimum Gasteiger partial charge on any atom is -0.480 e. The lowest BCUT2D eigenvalue weighted by Gasteiger charge is -2.11. The van der Waals surface area contributed by atoms with Crippen LogP contribution in [0.3, 0.4) is 0 Å². The fourth-order valence-electron chi connectivity index (χ4n) is 0.761. The van der Waals surface area contributed by atoms with Crippen molar-refractivity contribution in [2.45, 2.75) is 25.8 Å². The summed E-state index contributed by atoms with van der Waals surface area (Å²) in [6, 6.07) is -0.597. The van der Waals surface area contributed by atoms with Crippen LogP contribution in [0.5, 0.6) is 0 Å². The van der Waals surface area contributed by atoms with Gasteiger partial charge in [-0.3, -0.25) is 4.79 Å². The van der Waals surface area contributed by atoms with E-state index in [1.165, 1.54) is 0 Å². The Morgan fingerprint density at radius 3 is 2.38 bits per heavy atom. The summed E-state index contributed by atoms with van der Waals surface area (Å²) in [6.07, 6.45) is 1.17. The normalized spacial score (nSPS) is 11.2. The van der Waals surface area contributed by atoms with E-state index < -0.39 is 12.0 Å². The van der Waals surface area contributed by atoms with Crippen LogP contribution >= 0.6 is 0 Å². The Kier molecular flexibility index (Phi) is 12.4. The van der Waals surface area contributed by atoms with Crippen LogP contribution in [0.15, 0.2) is 0 Å². The van der Waals surface area contributed by atoms with E-state index in [-0.39, 0.29) is 13.0 Å². The molecule has 0 aliphatic carbocycles. The van der Waals surface area contributed by atoms with Crippen molar-refractivity contribution in [1.29, 1.82) is 0 Å². The molecular weight excluding hydrogens is 174 g/mol. The third kappa shape index (κ3) is 8.97. The first-order valence-electron chi connectivity index (χ1n) is 4.08. The molecule has 3 N–H and O–H groups in total. The highest BCUT2D eigenvalue weighted by Gasteiger charge is 2.14. The number of rotatable bonds is 6. The van der Waals surface area contributed by atoms with Gasteiger partial charge in [-0.1, -0.05) is 6.92 Å². The van der Waals surface area contributed by atoms with E-state index in [1.54, 1.807) is 0 Å². The van der Waals surface area contributed by atoms with E-state index in [1.807, 2.05) is 13.7 Å². The Balaban J connectivity index is 0. The van der Waals surface area contributed by atoms with Gasteiger partial charge < -0.3 is 20.3 Å². The molecule has 0 spiro atoms. The van der Waals surface area contributed by atoms with Gasteiger partial charge in [0.25, 0.3) is 0 Å². The van der Waals surface area contributed by atoms with Crippen molar-refractivity contribution in [2.24, 2.45) is 0 Å². The molecule has 0 saturated carbocycles. The second-order valence-corrected chi connectivity index (χ2v) is 2.36. The van der Waals surface area contributed by atoms with Crippen LogP contribution in [0.1, 0.15) is 19.8 Å². The van der Waals surface area contributed by atoms with Crippen LogP contribution in [0, 0.1) is 0 Å². The predicted molar refractivity (Wildman–Crippen MR) is 48.5 cm³/mol. The van der Waals surface area contributed by atoms with Crippen molar-refractivity contribution in [3.8, 4) is 0 Å². The zero-order chi connectivity index (χ0) is 10.7. The van der Waals surface area contributed by atoms with Gasteiger partial charge in [0.15, 0.2) is 0 Å². The average Bonchev–Trinajstić information content (AvgIpc) is 2.15. The molecule has 0 radical (unpaired) electrons. The summed E-state index contributed by atoms with van der Waals surface area (Å²) in [6.45, 7) is 4.55. The largest absolute Gasteiger partial charge is 0.480 e. The van der Waals surface area contributed by atoms with Gasteiger partial charge in [0.2, 0.25) is 0 Å². The van der Waals surface area contributed by atoms with E-state index in [4.69, 9.17) is 15.0 Å². The van der Waals surface area contributed by atoms with Gasteiger partial charge in [0, 0.05) is 6.61 Å². The lowest BCUT2D eigenvalue weighted by atomic mass is 10.2. The number of aliphatic hydroxyl groups excluding tert-OH is 1. The molecule has 0 bridgehead atoms.